The molecule has 0 saturated carbocycles. The van der Waals surface area contributed by atoms with Crippen LogP contribution in [0.3, 0.4) is 0 Å². The number of anilines is 1. The standard InChI is InChI=1S/C30H34N4O7S/c1-18-23-25(35)30(9-12-33(13-10-30)29(31)37)28(36)34(27(23)42-24(18)26-32-11-16-40-26)17-22(41-19-7-14-39-15-8-19)20-5-3-4-6-21(20)38-2/h3-6,11,16,19,22H,7-10,12-15,17H2,1-2H3,(H2,31,37)/t22-/m0/s1. The second-order valence-electron chi connectivity index (χ2n) is 10.9. The van der Waals surface area contributed by atoms with Gasteiger partial charge >= 0.3 is 6.03 Å². The van der Waals surface area contributed by atoms with Crippen molar-refractivity contribution in [2.45, 2.75) is 44.8 Å². The van der Waals surface area contributed by atoms with Crippen molar-refractivity contribution in [1.29, 1.82) is 0 Å². The SMILES string of the molecule is COc1ccccc1[C@H](CN1C(=O)C2(CCN(C(N)=O)CC2)C(=O)c2c1sc(-c1ncco1)c2C)OC1CCOCC1. The molecule has 222 valence electrons. The molecule has 3 aliphatic rings. The van der Waals surface area contributed by atoms with Crippen LogP contribution >= 0.6 is 11.3 Å². The molecule has 5 heterocycles. The van der Waals surface area contributed by atoms with Crippen LogP contribution in [0.4, 0.5) is 9.80 Å². The summed E-state index contributed by atoms with van der Waals surface area (Å²) in [6.45, 7) is 3.69. The molecule has 0 bridgehead atoms. The molecule has 0 unspecified atom stereocenters. The smallest absolute Gasteiger partial charge is 0.314 e. The summed E-state index contributed by atoms with van der Waals surface area (Å²) in [4.78, 5) is 49.0. The quantitative estimate of drug-likeness (QED) is 0.399. The maximum absolute atomic E-state index is 14.6. The maximum Gasteiger partial charge on any atom is 0.314 e. The number of amides is 3. The normalized spacial score (nSPS) is 19.7. The predicted molar refractivity (Wildman–Crippen MR) is 155 cm³/mol. The topological polar surface area (TPSA) is 137 Å². The van der Waals surface area contributed by atoms with Gasteiger partial charge in [0.15, 0.2) is 5.78 Å². The Morgan fingerprint density at radius 1 is 1.21 bits per heavy atom. The van der Waals surface area contributed by atoms with E-state index in [0.29, 0.717) is 40.3 Å². The molecule has 1 spiro atoms. The van der Waals surface area contributed by atoms with E-state index in [2.05, 4.69) is 4.98 Å². The average Bonchev–Trinajstić information content (AvgIpc) is 3.66. The van der Waals surface area contributed by atoms with Gasteiger partial charge in [0, 0.05) is 31.9 Å². The highest BCUT2D eigenvalue weighted by molar-refractivity contribution is 7.20. The molecule has 2 aromatic heterocycles. The number of carbonyl (C=O) groups excluding carboxylic acids is 3. The number of nitrogens with zero attached hydrogens (tertiary/aromatic N) is 3. The monoisotopic (exact) mass is 594 g/mol. The fraction of sp³-hybridized carbons (Fsp3) is 0.467. The van der Waals surface area contributed by atoms with Crippen LogP contribution in [0, 0.1) is 12.3 Å². The number of piperidine rings is 1. The largest absolute Gasteiger partial charge is 0.496 e. The summed E-state index contributed by atoms with van der Waals surface area (Å²) in [6, 6.07) is 7.07. The van der Waals surface area contributed by atoms with Crippen molar-refractivity contribution in [2.75, 3.05) is 44.9 Å². The molecule has 42 heavy (non-hydrogen) atoms. The van der Waals surface area contributed by atoms with E-state index in [4.69, 9.17) is 24.4 Å². The highest BCUT2D eigenvalue weighted by Gasteiger charge is 2.56. The number of hydrogen-bond donors (Lipinski definition) is 1. The summed E-state index contributed by atoms with van der Waals surface area (Å²) < 4.78 is 23.6. The van der Waals surface area contributed by atoms with E-state index in [1.165, 1.54) is 22.5 Å². The van der Waals surface area contributed by atoms with E-state index in [1.54, 1.807) is 18.2 Å². The second-order valence-corrected chi connectivity index (χ2v) is 11.9. The molecule has 2 saturated heterocycles. The number of urea groups is 1. The molecule has 1 atom stereocenters. The Kier molecular flexibility index (Phi) is 7.77. The molecule has 0 radical (unpaired) electrons. The summed E-state index contributed by atoms with van der Waals surface area (Å²) in [6.07, 6.45) is 4.29. The van der Waals surface area contributed by atoms with E-state index in [9.17, 15) is 14.4 Å². The lowest BCUT2D eigenvalue weighted by atomic mass is 9.69. The van der Waals surface area contributed by atoms with Gasteiger partial charge in [0.05, 0.1) is 36.4 Å². The lowest BCUT2D eigenvalue weighted by Gasteiger charge is -2.45. The Balaban J connectivity index is 1.45. The number of Topliss-reactive ketones (excluding diaryl/α,β-unsaturated/α-hetero) is 1. The van der Waals surface area contributed by atoms with Crippen molar-refractivity contribution in [3.63, 3.8) is 0 Å². The number of ketones is 1. The number of methoxy groups -OCH3 is 1. The first-order chi connectivity index (χ1) is 20.3. The summed E-state index contributed by atoms with van der Waals surface area (Å²) in [5.41, 5.74) is 6.25. The third kappa shape index (κ3) is 4.87. The number of aromatic nitrogens is 1. The molecule has 0 aliphatic carbocycles. The highest BCUT2D eigenvalue weighted by atomic mass is 32.1. The number of rotatable bonds is 7. The minimum atomic E-state index is -1.32. The lowest BCUT2D eigenvalue weighted by Crippen LogP contribution is -2.59. The van der Waals surface area contributed by atoms with Gasteiger partial charge in [-0.25, -0.2) is 9.78 Å². The third-order valence-electron chi connectivity index (χ3n) is 8.60. The van der Waals surface area contributed by atoms with E-state index >= 15 is 0 Å². The van der Waals surface area contributed by atoms with E-state index in [0.717, 1.165) is 24.0 Å². The second kappa shape index (κ2) is 11.5. The summed E-state index contributed by atoms with van der Waals surface area (Å²) >= 11 is 1.32. The van der Waals surface area contributed by atoms with Gasteiger partial charge in [-0.05, 0) is 44.2 Å². The van der Waals surface area contributed by atoms with Gasteiger partial charge in [0.2, 0.25) is 11.8 Å². The van der Waals surface area contributed by atoms with Gasteiger partial charge < -0.3 is 29.3 Å². The van der Waals surface area contributed by atoms with Crippen LogP contribution in [-0.2, 0) is 14.3 Å². The van der Waals surface area contributed by atoms with Crippen LogP contribution in [0.2, 0.25) is 0 Å². The molecule has 3 aliphatic heterocycles. The number of thiophene rings is 1. The Labute approximate surface area is 247 Å². The Hall–Kier alpha value is -3.74. The number of oxazole rings is 1. The number of carbonyl (C=O) groups is 3. The Morgan fingerprint density at radius 2 is 1.95 bits per heavy atom. The highest BCUT2D eigenvalue weighted by Crippen LogP contribution is 2.52. The number of likely N-dealkylation sites (tertiary alicyclic amines) is 1. The van der Waals surface area contributed by atoms with Gasteiger partial charge in [-0.1, -0.05) is 18.2 Å². The molecule has 1 aromatic carbocycles. The molecule has 6 rings (SSSR count). The fourth-order valence-electron chi connectivity index (χ4n) is 6.26. The van der Waals surface area contributed by atoms with Crippen LogP contribution in [0.15, 0.2) is 41.1 Å². The first kappa shape index (κ1) is 28.4. The summed E-state index contributed by atoms with van der Waals surface area (Å²) in [5.74, 6) is 0.528. The number of para-hydroxylation sites is 1. The van der Waals surface area contributed by atoms with Crippen molar-refractivity contribution < 1.29 is 33.0 Å². The van der Waals surface area contributed by atoms with Gasteiger partial charge in [-0.2, -0.15) is 0 Å². The zero-order valence-electron chi connectivity index (χ0n) is 23.7. The zero-order chi connectivity index (χ0) is 29.4. The minimum Gasteiger partial charge on any atom is -0.496 e. The molecule has 11 nitrogen and oxygen atoms in total. The van der Waals surface area contributed by atoms with E-state index in [-0.39, 0.29) is 50.3 Å². The lowest BCUT2D eigenvalue weighted by molar-refractivity contribution is -0.129. The van der Waals surface area contributed by atoms with Gasteiger partial charge in [0.25, 0.3) is 0 Å². The molecular weight excluding hydrogens is 560 g/mol. The van der Waals surface area contributed by atoms with Gasteiger partial charge in [-0.3, -0.25) is 14.5 Å². The van der Waals surface area contributed by atoms with E-state index in [1.807, 2.05) is 31.2 Å². The number of ether oxygens (including phenoxy) is 3. The van der Waals surface area contributed by atoms with Crippen LogP contribution in [0.5, 0.6) is 5.75 Å². The number of benzene rings is 1. The van der Waals surface area contributed by atoms with Gasteiger partial charge in [0.1, 0.15) is 28.5 Å². The van der Waals surface area contributed by atoms with Crippen molar-refractivity contribution >= 4 is 34.1 Å². The predicted octanol–water partition coefficient (Wildman–Crippen LogP) is 4.35. The fourth-order valence-corrected chi connectivity index (χ4v) is 7.51. The number of nitrogens with two attached hydrogens (primary N) is 1. The Bertz CT molecular complexity index is 1470. The first-order valence-electron chi connectivity index (χ1n) is 14.1. The molecule has 3 amide bonds. The van der Waals surface area contributed by atoms with Crippen LogP contribution in [0.25, 0.3) is 10.8 Å². The molecule has 3 aromatic rings. The van der Waals surface area contributed by atoms with Crippen molar-refractivity contribution in [3.05, 3.63) is 53.4 Å². The third-order valence-corrected chi connectivity index (χ3v) is 9.91. The van der Waals surface area contributed by atoms with Gasteiger partial charge in [-0.15, -0.1) is 11.3 Å². The number of fused-ring (bicyclic) bond motifs is 1. The van der Waals surface area contributed by atoms with Crippen molar-refractivity contribution in [3.8, 4) is 16.5 Å². The zero-order valence-corrected chi connectivity index (χ0v) is 24.5. The van der Waals surface area contributed by atoms with Crippen LogP contribution < -0.4 is 15.4 Å². The summed E-state index contributed by atoms with van der Waals surface area (Å²) in [5, 5.41) is 0.550. The summed E-state index contributed by atoms with van der Waals surface area (Å²) in [7, 11) is 1.61. The van der Waals surface area contributed by atoms with Crippen LogP contribution in [-0.4, -0.2) is 73.7 Å². The minimum absolute atomic E-state index is 0.0598. The first-order valence-corrected chi connectivity index (χ1v) is 15.0. The van der Waals surface area contributed by atoms with Crippen molar-refractivity contribution in [2.24, 2.45) is 11.1 Å². The number of hydrogen-bond acceptors (Lipinski definition) is 9. The molecule has 2 N–H and O–H groups in total. The van der Waals surface area contributed by atoms with Crippen molar-refractivity contribution in [1.82, 2.24) is 9.88 Å². The van der Waals surface area contributed by atoms with E-state index < -0.39 is 17.6 Å². The molecular formula is C30H34N4O7S. The average molecular weight is 595 g/mol. The molecule has 2 fully saturated rings. The molecule has 12 heteroatoms. The number of primary amides is 1. The Morgan fingerprint density at radius 3 is 2.62 bits per heavy atom. The van der Waals surface area contributed by atoms with Crippen LogP contribution in [0.1, 0.15) is 53.3 Å². The maximum atomic E-state index is 14.6.